The van der Waals surface area contributed by atoms with Gasteiger partial charge in [0.15, 0.2) is 0 Å². The van der Waals surface area contributed by atoms with Crippen LogP contribution >= 0.6 is 0 Å². The fourth-order valence-electron chi connectivity index (χ4n) is 1.62. The Labute approximate surface area is 104 Å². The molecule has 1 aromatic heterocycles. The minimum atomic E-state index is -2.57. The highest BCUT2D eigenvalue weighted by atomic mass is 19.3. The fourth-order valence-corrected chi connectivity index (χ4v) is 1.62. The van der Waals surface area contributed by atoms with E-state index in [-0.39, 0.29) is 18.4 Å². The lowest BCUT2D eigenvalue weighted by Crippen LogP contribution is -2.32. The summed E-state index contributed by atoms with van der Waals surface area (Å²) < 4.78 is 25.8. The van der Waals surface area contributed by atoms with Gasteiger partial charge in [-0.2, -0.15) is 8.78 Å². The van der Waals surface area contributed by atoms with Crippen molar-refractivity contribution in [2.45, 2.75) is 25.9 Å². The number of carbonyl (C=O) groups is 1. The largest absolute Gasteiger partial charge is 0.355 e. The van der Waals surface area contributed by atoms with Crippen LogP contribution < -0.4 is 10.6 Å². The fraction of sp³-hybridized carbons (Fsp3) is 0.636. The molecule has 1 heterocycles. The van der Waals surface area contributed by atoms with E-state index in [0.29, 0.717) is 18.9 Å². The minimum Gasteiger partial charge on any atom is -0.355 e. The van der Waals surface area contributed by atoms with Gasteiger partial charge in [-0.3, -0.25) is 9.36 Å². The van der Waals surface area contributed by atoms with Gasteiger partial charge in [-0.1, -0.05) is 0 Å². The predicted octanol–water partition coefficient (Wildman–Crippen LogP) is 0.894. The molecule has 1 saturated carbocycles. The van der Waals surface area contributed by atoms with Crippen molar-refractivity contribution < 1.29 is 13.6 Å². The Morgan fingerprint density at radius 2 is 2.28 bits per heavy atom. The van der Waals surface area contributed by atoms with Crippen LogP contribution in [0.4, 0.5) is 8.78 Å². The van der Waals surface area contributed by atoms with Gasteiger partial charge in [-0.05, 0) is 12.8 Å². The molecule has 100 valence electrons. The first-order chi connectivity index (χ1) is 8.68. The summed E-state index contributed by atoms with van der Waals surface area (Å²) in [6.07, 6.45) is 4.55. The summed E-state index contributed by atoms with van der Waals surface area (Å²) in [5, 5.41) is 5.75. The Kier molecular flexibility index (Phi) is 4.24. The number of hydrogen-bond donors (Lipinski definition) is 2. The van der Waals surface area contributed by atoms with Gasteiger partial charge in [-0.25, -0.2) is 4.98 Å². The third-order valence-electron chi connectivity index (χ3n) is 2.79. The predicted molar refractivity (Wildman–Crippen MR) is 60.9 cm³/mol. The molecule has 0 unspecified atom stereocenters. The Morgan fingerprint density at radius 3 is 2.94 bits per heavy atom. The van der Waals surface area contributed by atoms with E-state index in [0.717, 1.165) is 17.4 Å². The van der Waals surface area contributed by atoms with Crippen LogP contribution in [0.3, 0.4) is 0 Å². The topological polar surface area (TPSA) is 59.0 Å². The molecule has 0 aromatic carbocycles. The second-order valence-electron chi connectivity index (χ2n) is 4.27. The van der Waals surface area contributed by atoms with Crippen LogP contribution in [0.15, 0.2) is 12.4 Å². The maximum absolute atomic E-state index is 12.5. The van der Waals surface area contributed by atoms with Crippen LogP contribution in [0.25, 0.3) is 0 Å². The molecule has 0 saturated heterocycles. The van der Waals surface area contributed by atoms with Crippen molar-refractivity contribution in [3.8, 4) is 0 Å². The summed E-state index contributed by atoms with van der Waals surface area (Å²) >= 11 is 0. The summed E-state index contributed by atoms with van der Waals surface area (Å²) in [5.41, 5.74) is 0. The number of aromatic nitrogens is 2. The third-order valence-corrected chi connectivity index (χ3v) is 2.79. The highest BCUT2D eigenvalue weighted by Crippen LogP contribution is 2.28. The van der Waals surface area contributed by atoms with Crippen molar-refractivity contribution in [1.29, 1.82) is 0 Å². The van der Waals surface area contributed by atoms with E-state index < -0.39 is 6.55 Å². The molecule has 0 aliphatic heterocycles. The lowest BCUT2D eigenvalue weighted by Gasteiger charge is -2.08. The maximum Gasteiger partial charge on any atom is 0.319 e. The van der Waals surface area contributed by atoms with Crippen LogP contribution in [0, 0.1) is 5.92 Å². The third kappa shape index (κ3) is 3.49. The molecule has 2 N–H and O–H groups in total. The van der Waals surface area contributed by atoms with Crippen LogP contribution in [0.1, 0.15) is 25.2 Å². The van der Waals surface area contributed by atoms with Gasteiger partial charge < -0.3 is 10.6 Å². The summed E-state index contributed by atoms with van der Waals surface area (Å²) in [5.74, 6) is 0.576. The van der Waals surface area contributed by atoms with Crippen LogP contribution in [-0.2, 0) is 11.3 Å². The first kappa shape index (κ1) is 12.9. The number of rotatable bonds is 7. The molecule has 1 fully saturated rings. The maximum atomic E-state index is 12.5. The number of hydrogen-bond acceptors (Lipinski definition) is 3. The summed E-state index contributed by atoms with van der Waals surface area (Å²) in [4.78, 5) is 15.1. The van der Waals surface area contributed by atoms with Gasteiger partial charge in [0.2, 0.25) is 5.91 Å². The Bertz CT molecular complexity index is 404. The second kappa shape index (κ2) is 5.90. The number of nitrogens with zero attached hydrogens (tertiary/aromatic N) is 2. The average Bonchev–Trinajstić information content (AvgIpc) is 3.08. The van der Waals surface area contributed by atoms with Crippen molar-refractivity contribution in [2.24, 2.45) is 5.92 Å². The molecule has 0 radical (unpaired) electrons. The highest BCUT2D eigenvalue weighted by Gasteiger charge is 2.28. The van der Waals surface area contributed by atoms with E-state index in [4.69, 9.17) is 0 Å². The molecule has 1 aromatic rings. The molecule has 0 bridgehead atoms. The lowest BCUT2D eigenvalue weighted by molar-refractivity contribution is -0.122. The van der Waals surface area contributed by atoms with Gasteiger partial charge in [-0.15, -0.1) is 0 Å². The van der Waals surface area contributed by atoms with E-state index in [1.165, 1.54) is 12.4 Å². The first-order valence-corrected chi connectivity index (χ1v) is 5.97. The SMILES string of the molecule is O=C(NCCNCc1nccn1C(F)F)C1CC1. The summed E-state index contributed by atoms with van der Waals surface area (Å²) in [6, 6.07) is 0. The molecule has 2 rings (SSSR count). The van der Waals surface area contributed by atoms with Crippen molar-refractivity contribution >= 4 is 5.91 Å². The Morgan fingerprint density at radius 1 is 1.50 bits per heavy atom. The molecule has 0 spiro atoms. The molecular formula is C11H16F2N4O. The van der Waals surface area contributed by atoms with E-state index in [1.807, 2.05) is 0 Å². The van der Waals surface area contributed by atoms with Crippen molar-refractivity contribution in [3.63, 3.8) is 0 Å². The van der Waals surface area contributed by atoms with Gasteiger partial charge in [0.25, 0.3) is 0 Å². The molecule has 7 heteroatoms. The normalized spacial score (nSPS) is 15.1. The van der Waals surface area contributed by atoms with Gasteiger partial charge in [0.1, 0.15) is 5.82 Å². The number of carbonyl (C=O) groups excluding carboxylic acids is 1. The van der Waals surface area contributed by atoms with Crippen molar-refractivity contribution in [2.75, 3.05) is 13.1 Å². The van der Waals surface area contributed by atoms with Gasteiger partial charge in [0.05, 0.1) is 6.54 Å². The van der Waals surface area contributed by atoms with Crippen molar-refractivity contribution in [1.82, 2.24) is 20.2 Å². The average molecular weight is 258 g/mol. The zero-order valence-electron chi connectivity index (χ0n) is 9.90. The summed E-state index contributed by atoms with van der Waals surface area (Å²) in [7, 11) is 0. The van der Waals surface area contributed by atoms with Crippen LogP contribution in [0.5, 0.6) is 0 Å². The van der Waals surface area contributed by atoms with Crippen LogP contribution in [0.2, 0.25) is 0 Å². The zero-order valence-corrected chi connectivity index (χ0v) is 9.90. The molecule has 1 amide bonds. The highest BCUT2D eigenvalue weighted by molar-refractivity contribution is 5.80. The van der Waals surface area contributed by atoms with E-state index in [1.54, 1.807) is 0 Å². The van der Waals surface area contributed by atoms with Crippen LogP contribution in [-0.4, -0.2) is 28.5 Å². The second-order valence-corrected chi connectivity index (χ2v) is 4.27. The number of imidazole rings is 1. The quantitative estimate of drug-likeness (QED) is 0.714. The summed E-state index contributed by atoms with van der Waals surface area (Å²) in [6.45, 7) is -1.27. The molecule has 18 heavy (non-hydrogen) atoms. The van der Waals surface area contributed by atoms with Crippen molar-refractivity contribution in [3.05, 3.63) is 18.2 Å². The number of amides is 1. The molecule has 1 aliphatic carbocycles. The smallest absolute Gasteiger partial charge is 0.319 e. The molecular weight excluding hydrogens is 242 g/mol. The van der Waals surface area contributed by atoms with E-state index >= 15 is 0 Å². The standard InChI is InChI=1S/C11H16F2N4O/c12-11(13)17-6-5-15-9(17)7-14-3-4-16-10(18)8-1-2-8/h5-6,8,11,14H,1-4,7H2,(H,16,18). The van der Waals surface area contributed by atoms with E-state index in [2.05, 4.69) is 15.6 Å². The Hall–Kier alpha value is -1.50. The van der Waals surface area contributed by atoms with Gasteiger partial charge in [0, 0.05) is 31.4 Å². The monoisotopic (exact) mass is 258 g/mol. The molecule has 1 aliphatic rings. The molecule has 0 atom stereocenters. The molecule has 5 nitrogen and oxygen atoms in total. The van der Waals surface area contributed by atoms with Gasteiger partial charge >= 0.3 is 6.55 Å². The lowest BCUT2D eigenvalue weighted by atomic mass is 10.4. The number of alkyl halides is 2. The van der Waals surface area contributed by atoms with E-state index in [9.17, 15) is 13.6 Å². The minimum absolute atomic E-state index is 0.0888. The Balaban J connectivity index is 1.62. The number of halogens is 2. The first-order valence-electron chi connectivity index (χ1n) is 5.97. The number of nitrogens with one attached hydrogen (secondary N) is 2. The zero-order chi connectivity index (χ0) is 13.0.